The van der Waals surface area contributed by atoms with Gasteiger partial charge in [0.2, 0.25) is 0 Å². The summed E-state index contributed by atoms with van der Waals surface area (Å²) >= 11 is 0. The van der Waals surface area contributed by atoms with Crippen molar-refractivity contribution in [2.75, 3.05) is 0 Å². The Balaban J connectivity index is 2.17. The molecule has 3 heterocycles. The lowest BCUT2D eigenvalue weighted by molar-refractivity contribution is 0.706. The summed E-state index contributed by atoms with van der Waals surface area (Å²) in [5, 5.41) is 6.14. The van der Waals surface area contributed by atoms with Crippen molar-refractivity contribution in [3.8, 4) is 11.1 Å². The first-order valence-electron chi connectivity index (χ1n) is 10.3. The van der Waals surface area contributed by atoms with Crippen molar-refractivity contribution in [2.24, 2.45) is 0 Å². The Labute approximate surface area is 172 Å². The number of aromatic nitrogens is 4. The first kappa shape index (κ1) is 19.4. The van der Waals surface area contributed by atoms with Gasteiger partial charge in [0.1, 0.15) is 5.65 Å². The molecule has 0 spiro atoms. The van der Waals surface area contributed by atoms with Crippen LogP contribution in [0.2, 0.25) is 0 Å². The summed E-state index contributed by atoms with van der Waals surface area (Å²) in [6, 6.07) is 6.76. The minimum absolute atomic E-state index is 0.412. The number of fused-ring (bicyclic) bond motifs is 3. The molecule has 0 N–H and O–H groups in total. The normalized spacial score (nSPS) is 11.9. The monoisotopic (exact) mass is 386 g/mol. The molecule has 0 saturated carbocycles. The van der Waals surface area contributed by atoms with Crippen LogP contribution in [0.3, 0.4) is 0 Å². The second kappa shape index (κ2) is 6.87. The first-order valence-corrected chi connectivity index (χ1v) is 10.3. The van der Waals surface area contributed by atoms with Gasteiger partial charge in [-0.3, -0.25) is 0 Å². The molecule has 0 atom stereocenters. The van der Waals surface area contributed by atoms with Crippen molar-refractivity contribution in [3.63, 3.8) is 0 Å². The van der Waals surface area contributed by atoms with Crippen molar-refractivity contribution >= 4 is 16.7 Å². The van der Waals surface area contributed by atoms with Crippen LogP contribution in [0.4, 0.5) is 0 Å². The minimum Gasteiger partial charge on any atom is -0.325 e. The average Bonchev–Trinajstić information content (AvgIpc) is 3.14. The van der Waals surface area contributed by atoms with Crippen molar-refractivity contribution < 1.29 is 0 Å². The zero-order valence-corrected chi connectivity index (χ0v) is 18.6. The number of hydrogen-bond acceptors (Lipinski definition) is 2. The standard InChI is InChI=1S/C25H30N4/c1-9-10-28-21(14(2)3)13-20-18(7)26-24-23(19(8)27-29(24)25(20)28)22-16(5)11-15(4)12-17(22)6/h9,11-14H,1,10H2,2-8H3. The van der Waals surface area contributed by atoms with Crippen LogP contribution in [0.15, 0.2) is 30.9 Å². The van der Waals surface area contributed by atoms with E-state index >= 15 is 0 Å². The molecule has 0 aliphatic heterocycles. The lowest BCUT2D eigenvalue weighted by atomic mass is 9.94. The Bertz CT molecular complexity index is 1240. The number of allylic oxidation sites excluding steroid dienone is 1. The number of nitrogens with zero attached hydrogens (tertiary/aromatic N) is 4. The van der Waals surface area contributed by atoms with Gasteiger partial charge >= 0.3 is 0 Å². The maximum Gasteiger partial charge on any atom is 0.165 e. The van der Waals surface area contributed by atoms with E-state index in [1.165, 1.54) is 27.9 Å². The molecule has 4 aromatic rings. The third-order valence-corrected chi connectivity index (χ3v) is 5.83. The largest absolute Gasteiger partial charge is 0.325 e. The lowest BCUT2D eigenvalue weighted by Gasteiger charge is -2.13. The molecule has 3 aromatic heterocycles. The summed E-state index contributed by atoms with van der Waals surface area (Å²) in [6.45, 7) is 19.9. The maximum atomic E-state index is 5.04. The van der Waals surface area contributed by atoms with Crippen LogP contribution in [0.5, 0.6) is 0 Å². The Hall–Kier alpha value is -2.88. The molecule has 150 valence electrons. The van der Waals surface area contributed by atoms with E-state index < -0.39 is 0 Å². The highest BCUT2D eigenvalue weighted by Gasteiger charge is 2.22. The Morgan fingerprint density at radius 2 is 1.62 bits per heavy atom. The van der Waals surface area contributed by atoms with Gasteiger partial charge in [0.15, 0.2) is 5.65 Å². The molecule has 0 fully saturated rings. The van der Waals surface area contributed by atoms with Crippen molar-refractivity contribution in [2.45, 2.75) is 60.9 Å². The van der Waals surface area contributed by atoms with E-state index in [4.69, 9.17) is 10.1 Å². The minimum atomic E-state index is 0.412. The molecule has 0 amide bonds. The van der Waals surface area contributed by atoms with Gasteiger partial charge < -0.3 is 4.57 Å². The SMILES string of the molecule is C=CCn1c(C(C)C)cc2c(C)nc3c(-c4c(C)cc(C)cc4C)c(C)nn3c21. The molecule has 0 saturated heterocycles. The number of rotatable bonds is 4. The first-order chi connectivity index (χ1) is 13.7. The number of benzene rings is 1. The van der Waals surface area contributed by atoms with E-state index in [1.54, 1.807) is 0 Å². The van der Waals surface area contributed by atoms with Gasteiger partial charge in [0.05, 0.1) is 17.0 Å². The smallest absolute Gasteiger partial charge is 0.165 e. The molecule has 0 aliphatic carbocycles. The van der Waals surface area contributed by atoms with Crippen LogP contribution < -0.4 is 0 Å². The van der Waals surface area contributed by atoms with Crippen molar-refractivity contribution in [3.05, 3.63) is 64.6 Å². The third kappa shape index (κ3) is 2.89. The highest BCUT2D eigenvalue weighted by Crippen LogP contribution is 2.36. The predicted octanol–water partition coefficient (Wildman–Crippen LogP) is 6.20. The number of hydrogen-bond donors (Lipinski definition) is 0. The summed E-state index contributed by atoms with van der Waals surface area (Å²) in [6.07, 6.45) is 1.96. The number of aryl methyl sites for hydroxylation is 5. The van der Waals surface area contributed by atoms with Crippen LogP contribution in [0.25, 0.3) is 27.8 Å². The molecule has 0 radical (unpaired) electrons. The zero-order chi connectivity index (χ0) is 21.0. The van der Waals surface area contributed by atoms with E-state index in [0.717, 1.165) is 40.2 Å². The van der Waals surface area contributed by atoms with E-state index in [1.807, 2.05) is 10.6 Å². The van der Waals surface area contributed by atoms with Crippen LogP contribution in [0.1, 0.15) is 53.5 Å². The van der Waals surface area contributed by atoms with E-state index in [9.17, 15) is 0 Å². The van der Waals surface area contributed by atoms with Crippen LogP contribution in [-0.4, -0.2) is 19.2 Å². The van der Waals surface area contributed by atoms with Gasteiger partial charge in [0, 0.05) is 17.6 Å². The molecule has 4 heteroatoms. The summed E-state index contributed by atoms with van der Waals surface area (Å²) < 4.78 is 4.38. The van der Waals surface area contributed by atoms with Gasteiger partial charge in [-0.2, -0.15) is 9.61 Å². The Morgan fingerprint density at radius 3 is 2.21 bits per heavy atom. The second-order valence-electron chi connectivity index (χ2n) is 8.53. The molecule has 29 heavy (non-hydrogen) atoms. The fraction of sp³-hybridized carbons (Fsp3) is 0.360. The zero-order valence-electron chi connectivity index (χ0n) is 18.6. The topological polar surface area (TPSA) is 35.1 Å². The van der Waals surface area contributed by atoms with Crippen LogP contribution in [-0.2, 0) is 6.54 Å². The van der Waals surface area contributed by atoms with Crippen LogP contribution >= 0.6 is 0 Å². The fourth-order valence-electron chi connectivity index (χ4n) is 4.70. The fourth-order valence-corrected chi connectivity index (χ4v) is 4.70. The summed E-state index contributed by atoms with van der Waals surface area (Å²) in [4.78, 5) is 5.04. The predicted molar refractivity (Wildman–Crippen MR) is 122 cm³/mol. The average molecular weight is 387 g/mol. The van der Waals surface area contributed by atoms with E-state index in [-0.39, 0.29) is 0 Å². The van der Waals surface area contributed by atoms with Gasteiger partial charge in [-0.25, -0.2) is 4.98 Å². The molecule has 0 aliphatic rings. The van der Waals surface area contributed by atoms with E-state index in [0.29, 0.717) is 5.92 Å². The molecule has 0 unspecified atom stereocenters. The molecular weight excluding hydrogens is 356 g/mol. The molecule has 1 aromatic carbocycles. The van der Waals surface area contributed by atoms with Gasteiger partial charge in [-0.15, -0.1) is 6.58 Å². The van der Waals surface area contributed by atoms with Gasteiger partial charge in [-0.05, 0) is 63.3 Å². The molecule has 4 rings (SSSR count). The van der Waals surface area contributed by atoms with Crippen molar-refractivity contribution in [1.29, 1.82) is 0 Å². The lowest BCUT2D eigenvalue weighted by Crippen LogP contribution is -2.07. The third-order valence-electron chi connectivity index (χ3n) is 5.83. The molecular formula is C25H30N4. The highest BCUT2D eigenvalue weighted by atomic mass is 15.3. The Morgan fingerprint density at radius 1 is 0.966 bits per heavy atom. The quantitative estimate of drug-likeness (QED) is 0.391. The maximum absolute atomic E-state index is 5.04. The summed E-state index contributed by atoms with van der Waals surface area (Å²) in [5.74, 6) is 0.412. The summed E-state index contributed by atoms with van der Waals surface area (Å²) in [7, 11) is 0. The highest BCUT2D eigenvalue weighted by molar-refractivity contribution is 5.90. The Kier molecular flexibility index (Phi) is 4.60. The van der Waals surface area contributed by atoms with Crippen molar-refractivity contribution in [1.82, 2.24) is 19.2 Å². The van der Waals surface area contributed by atoms with E-state index in [2.05, 4.69) is 77.8 Å². The molecule has 4 nitrogen and oxygen atoms in total. The second-order valence-corrected chi connectivity index (χ2v) is 8.53. The van der Waals surface area contributed by atoms with Gasteiger partial charge in [-0.1, -0.05) is 37.6 Å². The van der Waals surface area contributed by atoms with Crippen LogP contribution in [0, 0.1) is 34.6 Å². The van der Waals surface area contributed by atoms with Gasteiger partial charge in [0.25, 0.3) is 0 Å². The summed E-state index contributed by atoms with van der Waals surface area (Å²) in [5.41, 5.74) is 11.6. The molecule has 0 bridgehead atoms.